The number of hydrogen-bond donors (Lipinski definition) is 4. The van der Waals surface area contributed by atoms with E-state index in [9.17, 15) is 19.2 Å². The Bertz CT molecular complexity index is 1930. The summed E-state index contributed by atoms with van der Waals surface area (Å²) in [5.41, 5.74) is 4.91. The fourth-order valence-electron chi connectivity index (χ4n) is 4.77. The van der Waals surface area contributed by atoms with E-state index in [-0.39, 0.29) is 17.5 Å². The first-order chi connectivity index (χ1) is 23.2. The molecule has 48 heavy (non-hydrogen) atoms. The van der Waals surface area contributed by atoms with Gasteiger partial charge in [0.25, 0.3) is 11.8 Å². The largest absolute Gasteiger partial charge is 0.326 e. The topological polar surface area (TPSA) is 116 Å². The van der Waals surface area contributed by atoms with Crippen LogP contribution in [0, 0.1) is 6.92 Å². The van der Waals surface area contributed by atoms with Gasteiger partial charge in [-0.05, 0) is 84.8 Å². The molecule has 5 rings (SSSR count). The van der Waals surface area contributed by atoms with E-state index in [1.807, 2.05) is 79.7 Å². The van der Waals surface area contributed by atoms with Crippen molar-refractivity contribution in [3.8, 4) is 0 Å². The number of rotatable bonds is 11. The summed E-state index contributed by atoms with van der Waals surface area (Å²) in [5.74, 6) is -1.26. The number of amides is 4. The maximum absolute atomic E-state index is 13.5. The third kappa shape index (κ3) is 9.54. The number of carbonyl (C=O) groups excluding carboxylic acids is 4. The van der Waals surface area contributed by atoms with Crippen LogP contribution in [0.2, 0.25) is 0 Å². The maximum atomic E-state index is 13.5. The minimum atomic E-state index is -0.571. The van der Waals surface area contributed by atoms with Crippen molar-refractivity contribution in [3.63, 3.8) is 0 Å². The summed E-state index contributed by atoms with van der Waals surface area (Å²) in [5, 5.41) is 10.8. The first kappa shape index (κ1) is 33.4. The number of thioether (sulfide) groups is 1. The zero-order chi connectivity index (χ0) is 33.9. The highest BCUT2D eigenvalue weighted by atomic mass is 32.2. The van der Waals surface area contributed by atoms with E-state index in [0.29, 0.717) is 22.6 Å². The van der Waals surface area contributed by atoms with E-state index < -0.39 is 17.1 Å². The fourth-order valence-corrected chi connectivity index (χ4v) is 5.79. The first-order valence-electron chi connectivity index (χ1n) is 15.2. The number of nitrogens with one attached hydrogen (secondary N) is 4. The number of benzene rings is 5. The molecule has 0 spiro atoms. The smallest absolute Gasteiger partial charge is 0.272 e. The third-order valence-electron chi connectivity index (χ3n) is 7.06. The molecule has 0 aliphatic heterocycles. The van der Waals surface area contributed by atoms with Crippen LogP contribution in [0.25, 0.3) is 6.08 Å². The number of carbonyl (C=O) groups is 4. The summed E-state index contributed by atoms with van der Waals surface area (Å²) in [6.45, 7) is 3.39. The van der Waals surface area contributed by atoms with Crippen LogP contribution >= 0.6 is 11.8 Å². The molecule has 1 atom stereocenters. The predicted octanol–water partition coefficient (Wildman–Crippen LogP) is 7.84. The molecule has 9 heteroatoms. The van der Waals surface area contributed by atoms with Gasteiger partial charge >= 0.3 is 0 Å². The first-order valence-corrected chi connectivity index (χ1v) is 16.1. The van der Waals surface area contributed by atoms with E-state index >= 15 is 0 Å². The molecule has 4 amide bonds. The van der Waals surface area contributed by atoms with Crippen LogP contribution in [0.3, 0.4) is 0 Å². The number of hydrogen-bond acceptors (Lipinski definition) is 5. The molecule has 0 bridgehead atoms. The van der Waals surface area contributed by atoms with Gasteiger partial charge in [0, 0.05) is 34.4 Å². The van der Waals surface area contributed by atoms with Crippen LogP contribution in [0.15, 0.2) is 144 Å². The molecular formula is C39H34N4O4S. The van der Waals surface area contributed by atoms with E-state index in [2.05, 4.69) is 21.3 Å². The minimum absolute atomic E-state index is 0.0961. The Kier molecular flexibility index (Phi) is 11.2. The molecule has 0 aliphatic rings. The summed E-state index contributed by atoms with van der Waals surface area (Å²) < 4.78 is 0. The predicted molar refractivity (Wildman–Crippen MR) is 193 cm³/mol. The van der Waals surface area contributed by atoms with E-state index in [1.54, 1.807) is 66.7 Å². The van der Waals surface area contributed by atoms with Gasteiger partial charge in [-0.2, -0.15) is 0 Å². The standard InChI is InChI=1S/C39H34N4O4S/c1-26-10-9-11-28(24-26)25-35(43-37(45)30-14-7-4-8-15-30)38(46)41-33-20-22-34(23-21-33)48-36(29-12-5-3-6-13-29)39(47)42-32-18-16-31(17-19-32)40-27(2)44/h3-25,36H,1-2H3,(H,40,44)(H,41,46)(H,42,47)(H,43,45)/b35-25-. The maximum Gasteiger partial charge on any atom is 0.272 e. The van der Waals surface area contributed by atoms with Gasteiger partial charge in [-0.3, -0.25) is 19.2 Å². The lowest BCUT2D eigenvalue weighted by Crippen LogP contribution is -2.30. The van der Waals surface area contributed by atoms with Crippen LogP contribution < -0.4 is 21.3 Å². The molecule has 0 saturated heterocycles. The lowest BCUT2D eigenvalue weighted by atomic mass is 10.1. The number of anilines is 3. The quantitative estimate of drug-likeness (QED) is 0.0856. The molecule has 0 aliphatic carbocycles. The van der Waals surface area contributed by atoms with E-state index in [4.69, 9.17) is 0 Å². The zero-order valence-electron chi connectivity index (χ0n) is 26.4. The third-order valence-corrected chi connectivity index (χ3v) is 8.33. The van der Waals surface area contributed by atoms with Crippen molar-refractivity contribution in [2.45, 2.75) is 24.0 Å². The summed E-state index contributed by atoms with van der Waals surface area (Å²) in [6.07, 6.45) is 1.64. The van der Waals surface area contributed by atoms with E-state index in [0.717, 1.165) is 21.6 Å². The van der Waals surface area contributed by atoms with Crippen molar-refractivity contribution in [2.24, 2.45) is 0 Å². The second-order valence-corrected chi connectivity index (χ2v) is 12.1. The van der Waals surface area contributed by atoms with Gasteiger partial charge < -0.3 is 21.3 Å². The van der Waals surface area contributed by atoms with Crippen LogP contribution in [0.5, 0.6) is 0 Å². The summed E-state index contributed by atoms with van der Waals surface area (Å²) in [6, 6.07) is 39.9. The van der Waals surface area contributed by atoms with Gasteiger partial charge in [0.05, 0.1) is 0 Å². The zero-order valence-corrected chi connectivity index (χ0v) is 27.2. The van der Waals surface area contributed by atoms with Gasteiger partial charge in [0.1, 0.15) is 10.9 Å². The molecule has 1 unspecified atom stereocenters. The van der Waals surface area contributed by atoms with Gasteiger partial charge in [-0.1, -0.05) is 78.4 Å². The van der Waals surface area contributed by atoms with Crippen LogP contribution in [-0.4, -0.2) is 23.6 Å². The lowest BCUT2D eigenvalue weighted by molar-refractivity contribution is -0.116. The molecule has 0 saturated carbocycles. The Balaban J connectivity index is 1.31. The molecule has 8 nitrogen and oxygen atoms in total. The summed E-state index contributed by atoms with van der Waals surface area (Å²) >= 11 is 1.37. The van der Waals surface area contributed by atoms with Crippen molar-refractivity contribution in [1.82, 2.24) is 5.32 Å². The van der Waals surface area contributed by atoms with Gasteiger partial charge in [-0.25, -0.2) is 0 Å². The highest BCUT2D eigenvalue weighted by Crippen LogP contribution is 2.37. The highest BCUT2D eigenvalue weighted by Gasteiger charge is 2.23. The van der Waals surface area contributed by atoms with Crippen LogP contribution in [0.4, 0.5) is 17.1 Å². The second-order valence-electron chi connectivity index (χ2n) is 10.9. The summed E-state index contributed by atoms with van der Waals surface area (Å²) in [4.78, 5) is 52.1. The minimum Gasteiger partial charge on any atom is -0.326 e. The highest BCUT2D eigenvalue weighted by molar-refractivity contribution is 8.00. The van der Waals surface area contributed by atoms with Crippen LogP contribution in [0.1, 0.15) is 39.2 Å². The van der Waals surface area contributed by atoms with Crippen molar-refractivity contribution in [3.05, 3.63) is 161 Å². The fraction of sp³-hybridized carbons (Fsp3) is 0.0769. The Labute approximate surface area is 283 Å². The molecule has 5 aromatic carbocycles. The molecule has 0 fully saturated rings. The van der Waals surface area contributed by atoms with Crippen LogP contribution in [-0.2, 0) is 14.4 Å². The Morgan fingerprint density at radius 3 is 1.85 bits per heavy atom. The van der Waals surface area contributed by atoms with Gasteiger partial charge in [0.15, 0.2) is 0 Å². The number of aryl methyl sites for hydroxylation is 1. The second kappa shape index (κ2) is 16.1. The Morgan fingerprint density at radius 1 is 0.646 bits per heavy atom. The lowest BCUT2D eigenvalue weighted by Gasteiger charge is -2.18. The molecule has 0 aromatic heterocycles. The van der Waals surface area contributed by atoms with Gasteiger partial charge in [-0.15, -0.1) is 11.8 Å². The van der Waals surface area contributed by atoms with Crippen molar-refractivity contribution in [2.75, 3.05) is 16.0 Å². The Morgan fingerprint density at radius 2 is 1.23 bits per heavy atom. The molecule has 4 N–H and O–H groups in total. The van der Waals surface area contributed by atoms with E-state index in [1.165, 1.54) is 18.7 Å². The molecular weight excluding hydrogens is 621 g/mol. The normalized spacial score (nSPS) is 11.6. The Hall–Kier alpha value is -5.93. The molecule has 0 heterocycles. The summed E-state index contributed by atoms with van der Waals surface area (Å²) in [7, 11) is 0. The molecule has 240 valence electrons. The molecule has 0 radical (unpaired) electrons. The average molecular weight is 655 g/mol. The monoisotopic (exact) mass is 654 g/mol. The average Bonchev–Trinajstić information content (AvgIpc) is 3.09. The van der Waals surface area contributed by atoms with Gasteiger partial charge in [0.2, 0.25) is 11.8 Å². The van der Waals surface area contributed by atoms with Crippen molar-refractivity contribution < 1.29 is 19.2 Å². The SMILES string of the molecule is CC(=O)Nc1ccc(NC(=O)C(Sc2ccc(NC(=O)/C(=C/c3cccc(C)c3)NC(=O)c3ccccc3)cc2)c2ccccc2)cc1. The molecule has 5 aromatic rings. The van der Waals surface area contributed by atoms with Crippen molar-refractivity contribution >= 4 is 58.5 Å². The van der Waals surface area contributed by atoms with Crippen molar-refractivity contribution in [1.29, 1.82) is 0 Å².